The van der Waals surface area contributed by atoms with Crippen LogP contribution < -0.4 is 5.32 Å². The number of rotatable bonds is 6. The molecular formula is C16H19NO. The van der Waals surface area contributed by atoms with Gasteiger partial charge in [-0.25, -0.2) is 0 Å². The van der Waals surface area contributed by atoms with Crippen LogP contribution >= 0.6 is 0 Å². The number of benzene rings is 1. The van der Waals surface area contributed by atoms with Crippen molar-refractivity contribution >= 4 is 0 Å². The van der Waals surface area contributed by atoms with E-state index in [-0.39, 0.29) is 0 Å². The first kappa shape index (κ1) is 11.5. The number of furan rings is 1. The Balaban J connectivity index is 1.70. The highest BCUT2D eigenvalue weighted by atomic mass is 16.3. The molecular weight excluding hydrogens is 222 g/mol. The summed E-state index contributed by atoms with van der Waals surface area (Å²) in [6.07, 6.45) is 5.40. The molecule has 0 spiro atoms. The van der Waals surface area contributed by atoms with Crippen molar-refractivity contribution in [2.45, 2.75) is 31.2 Å². The molecule has 1 atom stereocenters. The van der Waals surface area contributed by atoms with E-state index in [0.717, 1.165) is 24.8 Å². The molecule has 18 heavy (non-hydrogen) atoms. The minimum Gasteiger partial charge on any atom is -0.469 e. The zero-order chi connectivity index (χ0) is 12.2. The Morgan fingerprint density at radius 2 is 1.94 bits per heavy atom. The van der Waals surface area contributed by atoms with Gasteiger partial charge in [0.25, 0.3) is 0 Å². The van der Waals surface area contributed by atoms with E-state index in [0.29, 0.717) is 5.92 Å². The molecule has 1 aromatic heterocycles. The summed E-state index contributed by atoms with van der Waals surface area (Å²) in [4.78, 5) is 0. The lowest BCUT2D eigenvalue weighted by Gasteiger charge is -2.17. The van der Waals surface area contributed by atoms with Gasteiger partial charge in [0.2, 0.25) is 0 Å². The second-order valence-electron chi connectivity index (χ2n) is 5.07. The molecule has 1 N–H and O–H groups in total. The van der Waals surface area contributed by atoms with E-state index in [1.807, 2.05) is 6.07 Å². The molecule has 1 saturated carbocycles. The maximum Gasteiger partial charge on any atom is 0.104 e. The summed E-state index contributed by atoms with van der Waals surface area (Å²) in [6.45, 7) is 1.04. The van der Waals surface area contributed by atoms with Gasteiger partial charge in [0.1, 0.15) is 5.76 Å². The fourth-order valence-electron chi connectivity index (χ4n) is 2.30. The predicted molar refractivity (Wildman–Crippen MR) is 72.6 cm³/mol. The third kappa shape index (κ3) is 3.02. The number of hydrogen-bond acceptors (Lipinski definition) is 2. The van der Waals surface area contributed by atoms with Crippen molar-refractivity contribution in [1.82, 2.24) is 5.32 Å². The van der Waals surface area contributed by atoms with E-state index < -0.39 is 0 Å². The molecule has 0 amide bonds. The van der Waals surface area contributed by atoms with Crippen LogP contribution in [0.2, 0.25) is 0 Å². The highest BCUT2D eigenvalue weighted by Crippen LogP contribution is 2.24. The minimum atomic E-state index is 0.498. The van der Waals surface area contributed by atoms with Crippen LogP contribution in [0.3, 0.4) is 0 Å². The lowest BCUT2D eigenvalue weighted by molar-refractivity contribution is 0.472. The average molecular weight is 241 g/mol. The highest BCUT2D eigenvalue weighted by Gasteiger charge is 2.22. The first-order valence-corrected chi connectivity index (χ1v) is 6.72. The van der Waals surface area contributed by atoms with Gasteiger partial charge in [-0.3, -0.25) is 0 Å². The third-order valence-electron chi connectivity index (χ3n) is 3.53. The molecule has 1 aromatic carbocycles. The summed E-state index contributed by atoms with van der Waals surface area (Å²) in [5.41, 5.74) is 1.39. The molecule has 94 valence electrons. The Hall–Kier alpha value is -1.54. The van der Waals surface area contributed by atoms with Crippen molar-refractivity contribution in [2.75, 3.05) is 6.54 Å². The topological polar surface area (TPSA) is 25.2 Å². The van der Waals surface area contributed by atoms with Crippen LogP contribution in [0, 0.1) is 0 Å². The lowest BCUT2D eigenvalue weighted by Crippen LogP contribution is -2.24. The summed E-state index contributed by atoms with van der Waals surface area (Å²) in [5, 5.41) is 3.63. The van der Waals surface area contributed by atoms with Crippen LogP contribution in [0.15, 0.2) is 53.1 Å². The molecule has 3 rings (SSSR count). The van der Waals surface area contributed by atoms with Crippen molar-refractivity contribution in [3.63, 3.8) is 0 Å². The van der Waals surface area contributed by atoms with Gasteiger partial charge in [-0.2, -0.15) is 0 Å². The first-order valence-electron chi connectivity index (χ1n) is 6.72. The summed E-state index contributed by atoms with van der Waals surface area (Å²) < 4.78 is 5.48. The van der Waals surface area contributed by atoms with Gasteiger partial charge in [-0.1, -0.05) is 30.3 Å². The standard InChI is InChI=1S/C16H19NO/c1-2-5-13(6-3-1)14(12-17-15-8-9-15)11-16-7-4-10-18-16/h1-7,10,14-15,17H,8-9,11-12H2. The molecule has 2 aromatic rings. The molecule has 1 aliphatic carbocycles. The maximum absolute atomic E-state index is 5.48. The Labute approximate surface area is 108 Å². The van der Waals surface area contributed by atoms with Gasteiger partial charge in [-0.05, 0) is 30.5 Å². The molecule has 1 fully saturated rings. The van der Waals surface area contributed by atoms with E-state index in [4.69, 9.17) is 4.42 Å². The predicted octanol–water partition coefficient (Wildman–Crippen LogP) is 3.36. The molecule has 0 bridgehead atoms. The maximum atomic E-state index is 5.48. The summed E-state index contributed by atoms with van der Waals surface area (Å²) in [6, 6.07) is 15.5. The number of hydrogen-bond donors (Lipinski definition) is 1. The zero-order valence-electron chi connectivity index (χ0n) is 10.5. The second-order valence-corrected chi connectivity index (χ2v) is 5.07. The van der Waals surface area contributed by atoms with Gasteiger partial charge in [0.05, 0.1) is 6.26 Å². The quantitative estimate of drug-likeness (QED) is 0.839. The fourth-order valence-corrected chi connectivity index (χ4v) is 2.30. The zero-order valence-corrected chi connectivity index (χ0v) is 10.5. The van der Waals surface area contributed by atoms with Crippen LogP contribution in [0.5, 0.6) is 0 Å². The Morgan fingerprint density at radius 3 is 2.61 bits per heavy atom. The summed E-state index contributed by atoms with van der Waals surface area (Å²) in [7, 11) is 0. The van der Waals surface area contributed by atoms with Gasteiger partial charge in [-0.15, -0.1) is 0 Å². The van der Waals surface area contributed by atoms with E-state index in [9.17, 15) is 0 Å². The van der Waals surface area contributed by atoms with Crippen molar-refractivity contribution in [2.24, 2.45) is 0 Å². The summed E-state index contributed by atoms with van der Waals surface area (Å²) in [5.74, 6) is 1.57. The van der Waals surface area contributed by atoms with Gasteiger partial charge in [0, 0.05) is 24.9 Å². The average Bonchev–Trinajstić information content (AvgIpc) is 3.11. The third-order valence-corrected chi connectivity index (χ3v) is 3.53. The monoisotopic (exact) mass is 241 g/mol. The minimum absolute atomic E-state index is 0.498. The molecule has 2 nitrogen and oxygen atoms in total. The van der Waals surface area contributed by atoms with Crippen LogP contribution in [-0.2, 0) is 6.42 Å². The second kappa shape index (κ2) is 5.40. The normalized spacial score (nSPS) is 16.7. The van der Waals surface area contributed by atoms with Gasteiger partial charge < -0.3 is 9.73 Å². The lowest BCUT2D eigenvalue weighted by atomic mass is 9.94. The molecule has 1 unspecified atom stereocenters. The van der Waals surface area contributed by atoms with Crippen LogP contribution in [0.1, 0.15) is 30.1 Å². The molecule has 0 aliphatic heterocycles. The summed E-state index contributed by atoms with van der Waals surface area (Å²) >= 11 is 0. The SMILES string of the molecule is c1ccc(C(CNC2CC2)Cc2ccco2)cc1. The van der Waals surface area contributed by atoms with E-state index in [2.05, 4.69) is 41.7 Å². The van der Waals surface area contributed by atoms with E-state index >= 15 is 0 Å². The largest absolute Gasteiger partial charge is 0.469 e. The highest BCUT2D eigenvalue weighted by molar-refractivity contribution is 5.22. The van der Waals surface area contributed by atoms with Crippen molar-refractivity contribution < 1.29 is 4.42 Å². The van der Waals surface area contributed by atoms with Crippen LogP contribution in [0.25, 0.3) is 0 Å². The van der Waals surface area contributed by atoms with E-state index in [1.54, 1.807) is 6.26 Å². The van der Waals surface area contributed by atoms with Gasteiger partial charge in [0.15, 0.2) is 0 Å². The smallest absolute Gasteiger partial charge is 0.104 e. The van der Waals surface area contributed by atoms with Crippen molar-refractivity contribution in [3.05, 3.63) is 60.1 Å². The Bertz CT molecular complexity index is 459. The molecule has 1 aliphatic rings. The molecule has 2 heteroatoms. The molecule has 0 saturated heterocycles. The number of nitrogens with one attached hydrogen (secondary N) is 1. The molecule has 0 radical (unpaired) electrons. The Kier molecular flexibility index (Phi) is 3.47. The van der Waals surface area contributed by atoms with Crippen molar-refractivity contribution in [1.29, 1.82) is 0 Å². The molecule has 1 heterocycles. The van der Waals surface area contributed by atoms with E-state index in [1.165, 1.54) is 18.4 Å². The van der Waals surface area contributed by atoms with Gasteiger partial charge >= 0.3 is 0 Å². The van der Waals surface area contributed by atoms with Crippen LogP contribution in [-0.4, -0.2) is 12.6 Å². The van der Waals surface area contributed by atoms with Crippen LogP contribution in [0.4, 0.5) is 0 Å². The first-order chi connectivity index (χ1) is 8.92. The fraction of sp³-hybridized carbons (Fsp3) is 0.375. The van der Waals surface area contributed by atoms with Crippen molar-refractivity contribution in [3.8, 4) is 0 Å². The Morgan fingerprint density at radius 1 is 1.11 bits per heavy atom.